The van der Waals surface area contributed by atoms with Crippen LogP contribution >= 0.6 is 11.6 Å². The highest BCUT2D eigenvalue weighted by Crippen LogP contribution is 2.26. The highest BCUT2D eigenvalue weighted by molar-refractivity contribution is 7.89. The van der Waals surface area contributed by atoms with Gasteiger partial charge in [-0.1, -0.05) is 18.2 Å². The maximum Gasteiger partial charge on any atom is 0.241 e. The van der Waals surface area contributed by atoms with Crippen molar-refractivity contribution >= 4 is 21.6 Å². The molecule has 2 rings (SSSR count). The van der Waals surface area contributed by atoms with Crippen molar-refractivity contribution in [1.29, 1.82) is 0 Å². The summed E-state index contributed by atoms with van der Waals surface area (Å²) >= 11 is 5.77. The number of rotatable bonds is 6. The van der Waals surface area contributed by atoms with Gasteiger partial charge in [-0.25, -0.2) is 13.1 Å². The first-order valence-corrected chi connectivity index (χ1v) is 8.36. The monoisotopic (exact) mass is 303 g/mol. The van der Waals surface area contributed by atoms with E-state index in [0.29, 0.717) is 12.2 Å². The fourth-order valence-corrected chi connectivity index (χ4v) is 4.01. The lowest BCUT2D eigenvalue weighted by molar-refractivity contribution is -0.00475. The zero-order chi connectivity index (χ0) is 13.9. The van der Waals surface area contributed by atoms with E-state index in [2.05, 4.69) is 4.72 Å². The van der Waals surface area contributed by atoms with Gasteiger partial charge in [0.1, 0.15) is 0 Å². The van der Waals surface area contributed by atoms with E-state index in [1.165, 1.54) is 0 Å². The summed E-state index contributed by atoms with van der Waals surface area (Å²) in [7, 11) is -3.49. The van der Waals surface area contributed by atoms with Gasteiger partial charge in [0.05, 0.1) is 11.0 Å². The van der Waals surface area contributed by atoms with Crippen LogP contribution < -0.4 is 4.72 Å². The first kappa shape index (κ1) is 14.8. The molecule has 6 heteroatoms. The van der Waals surface area contributed by atoms with E-state index < -0.39 is 10.0 Å². The number of alkyl halides is 1. The molecule has 0 spiro atoms. The summed E-state index contributed by atoms with van der Waals surface area (Å²) in [6.07, 6.45) is 1.65. The molecule has 0 amide bonds. The van der Waals surface area contributed by atoms with Crippen molar-refractivity contribution in [3.63, 3.8) is 0 Å². The second-order valence-electron chi connectivity index (χ2n) is 4.61. The SMILES string of the molecule is CCOC1CC(NS(=O)(=O)c2ccccc2CCl)C1. The Labute approximate surface area is 119 Å². The fourth-order valence-electron chi connectivity index (χ4n) is 2.19. The van der Waals surface area contributed by atoms with Gasteiger partial charge >= 0.3 is 0 Å². The van der Waals surface area contributed by atoms with E-state index in [-0.39, 0.29) is 22.9 Å². The molecule has 1 N–H and O–H groups in total. The van der Waals surface area contributed by atoms with E-state index in [1.54, 1.807) is 24.3 Å². The smallest absolute Gasteiger partial charge is 0.241 e. The van der Waals surface area contributed by atoms with Crippen LogP contribution in [0.1, 0.15) is 25.3 Å². The molecule has 1 saturated carbocycles. The number of hydrogen-bond acceptors (Lipinski definition) is 3. The standard InChI is InChI=1S/C13H18ClNO3S/c1-2-18-12-7-11(8-12)15-19(16,17)13-6-4-3-5-10(13)9-14/h3-6,11-12,15H,2,7-9H2,1H3. The van der Waals surface area contributed by atoms with Crippen molar-refractivity contribution < 1.29 is 13.2 Å². The number of sulfonamides is 1. The van der Waals surface area contributed by atoms with Crippen molar-refractivity contribution in [2.75, 3.05) is 6.61 Å². The number of ether oxygens (including phenoxy) is 1. The summed E-state index contributed by atoms with van der Waals surface area (Å²) in [6, 6.07) is 6.76. The third-order valence-electron chi connectivity index (χ3n) is 3.23. The lowest BCUT2D eigenvalue weighted by atomic mass is 9.90. The minimum atomic E-state index is -3.49. The van der Waals surface area contributed by atoms with Gasteiger partial charge in [0.15, 0.2) is 0 Å². The second-order valence-corrected chi connectivity index (χ2v) is 6.56. The molecule has 1 aliphatic rings. The summed E-state index contributed by atoms with van der Waals surface area (Å²) in [6.45, 7) is 2.60. The molecule has 0 saturated heterocycles. The summed E-state index contributed by atoms with van der Waals surface area (Å²) in [5.74, 6) is 0.184. The molecular formula is C13H18ClNO3S. The summed E-state index contributed by atoms with van der Waals surface area (Å²) in [4.78, 5) is 0.268. The van der Waals surface area contributed by atoms with Crippen LogP contribution in [0.15, 0.2) is 29.2 Å². The highest BCUT2D eigenvalue weighted by Gasteiger charge is 2.33. The van der Waals surface area contributed by atoms with Crippen molar-refractivity contribution in [3.8, 4) is 0 Å². The molecule has 0 unspecified atom stereocenters. The molecule has 1 fully saturated rings. The van der Waals surface area contributed by atoms with Crippen LogP contribution in [0.25, 0.3) is 0 Å². The molecular weight excluding hydrogens is 286 g/mol. The van der Waals surface area contributed by atoms with Crippen LogP contribution in [0.2, 0.25) is 0 Å². The zero-order valence-electron chi connectivity index (χ0n) is 10.8. The van der Waals surface area contributed by atoms with Crippen LogP contribution in [0.5, 0.6) is 0 Å². The van der Waals surface area contributed by atoms with Gasteiger partial charge in [0.2, 0.25) is 10.0 Å². The zero-order valence-corrected chi connectivity index (χ0v) is 12.4. The molecule has 0 bridgehead atoms. The van der Waals surface area contributed by atoms with E-state index >= 15 is 0 Å². The minimum Gasteiger partial charge on any atom is -0.378 e. The highest BCUT2D eigenvalue weighted by atomic mass is 35.5. The Morgan fingerprint density at radius 1 is 1.37 bits per heavy atom. The summed E-state index contributed by atoms with van der Waals surface area (Å²) in [5.41, 5.74) is 0.623. The molecule has 0 heterocycles. The third kappa shape index (κ3) is 3.48. The van der Waals surface area contributed by atoms with Gasteiger partial charge < -0.3 is 4.74 Å². The molecule has 0 aromatic heterocycles. The Morgan fingerprint density at radius 2 is 2.05 bits per heavy atom. The first-order valence-electron chi connectivity index (χ1n) is 6.34. The molecule has 1 aromatic rings. The second kappa shape index (κ2) is 6.22. The number of nitrogens with one attached hydrogen (secondary N) is 1. The normalized spacial score (nSPS) is 23.1. The molecule has 19 heavy (non-hydrogen) atoms. The Hall–Kier alpha value is -0.620. The van der Waals surface area contributed by atoms with E-state index in [9.17, 15) is 8.42 Å². The predicted molar refractivity (Wildman–Crippen MR) is 74.8 cm³/mol. The average Bonchev–Trinajstić information content (AvgIpc) is 2.36. The van der Waals surface area contributed by atoms with E-state index in [4.69, 9.17) is 16.3 Å². The van der Waals surface area contributed by atoms with Gasteiger partial charge in [-0.15, -0.1) is 11.6 Å². The Bertz CT molecular complexity index is 526. The molecule has 1 aliphatic carbocycles. The largest absolute Gasteiger partial charge is 0.378 e. The number of hydrogen-bond donors (Lipinski definition) is 1. The van der Waals surface area contributed by atoms with Crippen LogP contribution in [0.4, 0.5) is 0 Å². The minimum absolute atomic E-state index is 0.0371. The molecule has 0 atom stereocenters. The van der Waals surface area contributed by atoms with Gasteiger partial charge in [-0.05, 0) is 31.4 Å². The fraction of sp³-hybridized carbons (Fsp3) is 0.538. The van der Waals surface area contributed by atoms with Crippen molar-refractivity contribution in [1.82, 2.24) is 4.72 Å². The van der Waals surface area contributed by atoms with Crippen molar-refractivity contribution in [2.45, 2.75) is 42.7 Å². The van der Waals surface area contributed by atoms with Crippen LogP contribution in [-0.2, 0) is 20.6 Å². The predicted octanol–water partition coefficient (Wildman–Crippen LogP) is 2.27. The first-order chi connectivity index (χ1) is 9.06. The number of halogens is 1. The molecule has 0 radical (unpaired) electrons. The van der Waals surface area contributed by atoms with Crippen LogP contribution in [0.3, 0.4) is 0 Å². The molecule has 0 aliphatic heterocycles. The van der Waals surface area contributed by atoms with Gasteiger partial charge in [-0.3, -0.25) is 0 Å². The third-order valence-corrected chi connectivity index (χ3v) is 5.13. The average molecular weight is 304 g/mol. The molecule has 1 aromatic carbocycles. The van der Waals surface area contributed by atoms with Crippen LogP contribution in [-0.4, -0.2) is 27.2 Å². The van der Waals surface area contributed by atoms with Crippen molar-refractivity contribution in [2.24, 2.45) is 0 Å². The summed E-state index contributed by atoms with van der Waals surface area (Å²) < 4.78 is 32.7. The van der Waals surface area contributed by atoms with Crippen LogP contribution in [0, 0.1) is 0 Å². The quantitative estimate of drug-likeness (QED) is 0.820. The maximum atomic E-state index is 12.3. The van der Waals surface area contributed by atoms with Crippen molar-refractivity contribution in [3.05, 3.63) is 29.8 Å². The number of benzene rings is 1. The summed E-state index contributed by atoms with van der Waals surface area (Å²) in [5, 5.41) is 0. The Kier molecular flexibility index (Phi) is 4.84. The van der Waals surface area contributed by atoms with Gasteiger partial charge in [-0.2, -0.15) is 0 Å². The Balaban J connectivity index is 2.03. The van der Waals surface area contributed by atoms with Gasteiger partial charge in [0, 0.05) is 18.5 Å². The van der Waals surface area contributed by atoms with E-state index in [0.717, 1.165) is 12.8 Å². The van der Waals surface area contributed by atoms with Gasteiger partial charge in [0.25, 0.3) is 0 Å². The molecule has 106 valence electrons. The molecule has 4 nitrogen and oxygen atoms in total. The topological polar surface area (TPSA) is 55.4 Å². The lowest BCUT2D eigenvalue weighted by Crippen LogP contribution is -2.47. The lowest BCUT2D eigenvalue weighted by Gasteiger charge is -2.35. The Morgan fingerprint density at radius 3 is 2.68 bits per heavy atom. The van der Waals surface area contributed by atoms with E-state index in [1.807, 2.05) is 6.92 Å². The maximum absolute atomic E-state index is 12.3.